The quantitative estimate of drug-likeness (QED) is 0.696. The van der Waals surface area contributed by atoms with Gasteiger partial charge in [0, 0.05) is 15.5 Å². The number of fused-ring (bicyclic) bond motifs is 1. The highest BCUT2D eigenvalue weighted by atomic mass is 79.9. The van der Waals surface area contributed by atoms with Crippen LogP contribution in [-0.4, -0.2) is 9.97 Å². The second kappa shape index (κ2) is 5.38. The molecule has 0 atom stereocenters. The van der Waals surface area contributed by atoms with Crippen molar-refractivity contribution in [1.29, 1.82) is 5.26 Å². The average molecular weight is 340 g/mol. The summed E-state index contributed by atoms with van der Waals surface area (Å²) < 4.78 is 0.789. The normalized spacial score (nSPS) is 10.3. The highest BCUT2D eigenvalue weighted by molar-refractivity contribution is 9.10. The molecule has 3 aromatic rings. The summed E-state index contributed by atoms with van der Waals surface area (Å²) in [7, 11) is 0. The van der Waals surface area contributed by atoms with Crippen LogP contribution in [0.3, 0.4) is 0 Å². The minimum atomic E-state index is 0.587. The third-order valence-electron chi connectivity index (χ3n) is 3.01. The van der Waals surface area contributed by atoms with Crippen molar-refractivity contribution in [1.82, 2.24) is 9.97 Å². The van der Waals surface area contributed by atoms with Crippen molar-refractivity contribution in [2.75, 3.05) is 11.1 Å². The molecule has 0 fully saturated rings. The van der Waals surface area contributed by atoms with Crippen molar-refractivity contribution in [2.24, 2.45) is 0 Å². The van der Waals surface area contributed by atoms with Crippen LogP contribution in [0.25, 0.3) is 10.9 Å². The lowest BCUT2D eigenvalue weighted by molar-refractivity contribution is 1.22. The van der Waals surface area contributed by atoms with E-state index in [1.165, 1.54) is 6.33 Å². The van der Waals surface area contributed by atoms with Crippen LogP contribution in [0.4, 0.5) is 17.2 Å². The van der Waals surface area contributed by atoms with E-state index in [-0.39, 0.29) is 0 Å². The summed E-state index contributed by atoms with van der Waals surface area (Å²) in [4.78, 5) is 8.48. The first-order chi connectivity index (χ1) is 10.2. The van der Waals surface area contributed by atoms with E-state index in [0.717, 1.165) is 21.1 Å². The van der Waals surface area contributed by atoms with Crippen LogP contribution >= 0.6 is 15.9 Å². The van der Waals surface area contributed by atoms with E-state index in [1.807, 2.05) is 18.2 Å². The molecule has 5 nitrogen and oxygen atoms in total. The van der Waals surface area contributed by atoms with E-state index >= 15 is 0 Å². The standard InChI is InChI=1S/C15H10BrN5/c16-12-5-9(7-17)1-3-14(12)21-15-11-6-10(18)2-4-13(11)19-8-20-15/h1-6,8H,18H2,(H,19,20,21). The maximum absolute atomic E-state index is 8.89. The predicted molar refractivity (Wildman–Crippen MR) is 86.1 cm³/mol. The molecule has 21 heavy (non-hydrogen) atoms. The van der Waals surface area contributed by atoms with Crippen LogP contribution in [0.15, 0.2) is 47.2 Å². The Morgan fingerprint density at radius 3 is 2.76 bits per heavy atom. The first-order valence-corrected chi connectivity index (χ1v) is 6.93. The van der Waals surface area contributed by atoms with E-state index in [4.69, 9.17) is 11.0 Å². The van der Waals surface area contributed by atoms with Crippen LogP contribution < -0.4 is 11.1 Å². The number of nitrogens with two attached hydrogens (primary N) is 1. The van der Waals surface area contributed by atoms with Gasteiger partial charge in [0.2, 0.25) is 0 Å². The molecule has 1 aromatic heterocycles. The SMILES string of the molecule is N#Cc1ccc(Nc2ncnc3ccc(N)cc23)c(Br)c1. The minimum Gasteiger partial charge on any atom is -0.399 e. The molecule has 0 aliphatic rings. The molecule has 0 amide bonds. The Balaban J connectivity index is 2.06. The predicted octanol–water partition coefficient (Wildman–Crippen LogP) is 3.59. The number of aromatic nitrogens is 2. The Morgan fingerprint density at radius 1 is 1.14 bits per heavy atom. The van der Waals surface area contributed by atoms with Gasteiger partial charge in [0.25, 0.3) is 0 Å². The summed E-state index contributed by atoms with van der Waals surface area (Å²) in [5.41, 5.74) is 8.69. The van der Waals surface area contributed by atoms with Gasteiger partial charge in [-0.2, -0.15) is 5.26 Å². The van der Waals surface area contributed by atoms with E-state index in [2.05, 4.69) is 37.3 Å². The molecule has 1 heterocycles. The Labute approximate surface area is 129 Å². The molecule has 0 aliphatic carbocycles. The first kappa shape index (κ1) is 13.3. The van der Waals surface area contributed by atoms with Crippen LogP contribution in [0, 0.1) is 11.3 Å². The second-order valence-electron chi connectivity index (χ2n) is 4.43. The van der Waals surface area contributed by atoms with Gasteiger partial charge in [-0.1, -0.05) is 0 Å². The summed E-state index contributed by atoms with van der Waals surface area (Å²) in [6, 6.07) is 12.9. The van der Waals surface area contributed by atoms with E-state index in [1.54, 1.807) is 18.2 Å². The molecule has 0 radical (unpaired) electrons. The topological polar surface area (TPSA) is 87.6 Å². The Kier molecular flexibility index (Phi) is 3.42. The molecule has 3 N–H and O–H groups in total. The Morgan fingerprint density at radius 2 is 2.00 bits per heavy atom. The number of nitrogen functional groups attached to an aromatic ring is 1. The van der Waals surface area contributed by atoms with Gasteiger partial charge in [-0.3, -0.25) is 0 Å². The molecule has 0 saturated carbocycles. The molecular weight excluding hydrogens is 330 g/mol. The van der Waals surface area contributed by atoms with Gasteiger partial charge in [0.05, 0.1) is 22.8 Å². The summed E-state index contributed by atoms with van der Waals surface area (Å²) in [6.07, 6.45) is 1.50. The minimum absolute atomic E-state index is 0.587. The first-order valence-electron chi connectivity index (χ1n) is 6.14. The molecule has 6 heteroatoms. The number of nitriles is 1. The fraction of sp³-hybridized carbons (Fsp3) is 0. The fourth-order valence-corrected chi connectivity index (χ4v) is 2.47. The largest absolute Gasteiger partial charge is 0.399 e. The Bertz CT molecular complexity index is 870. The van der Waals surface area contributed by atoms with Gasteiger partial charge in [0.15, 0.2) is 0 Å². The summed E-state index contributed by atoms with van der Waals surface area (Å²) in [6.45, 7) is 0. The maximum Gasteiger partial charge on any atom is 0.141 e. The summed E-state index contributed by atoms with van der Waals surface area (Å²) >= 11 is 3.44. The second-order valence-corrected chi connectivity index (χ2v) is 5.28. The van der Waals surface area contributed by atoms with Crippen molar-refractivity contribution < 1.29 is 0 Å². The van der Waals surface area contributed by atoms with Gasteiger partial charge in [0.1, 0.15) is 12.1 Å². The molecule has 0 aliphatic heterocycles. The third kappa shape index (κ3) is 2.64. The maximum atomic E-state index is 8.89. The van der Waals surface area contributed by atoms with Crippen molar-refractivity contribution in [3.05, 3.63) is 52.8 Å². The van der Waals surface area contributed by atoms with Crippen LogP contribution in [0.5, 0.6) is 0 Å². The molecule has 0 unspecified atom stereocenters. The van der Waals surface area contributed by atoms with Gasteiger partial charge >= 0.3 is 0 Å². The van der Waals surface area contributed by atoms with E-state index in [9.17, 15) is 0 Å². The molecular formula is C15H10BrN5. The number of anilines is 3. The van der Waals surface area contributed by atoms with Crippen LogP contribution in [0.1, 0.15) is 5.56 Å². The van der Waals surface area contributed by atoms with Gasteiger partial charge < -0.3 is 11.1 Å². The highest BCUT2D eigenvalue weighted by Gasteiger charge is 2.07. The van der Waals surface area contributed by atoms with Gasteiger partial charge in [-0.05, 0) is 52.3 Å². The zero-order valence-corrected chi connectivity index (χ0v) is 12.4. The lowest BCUT2D eigenvalue weighted by Crippen LogP contribution is -1.97. The van der Waals surface area contributed by atoms with Crippen molar-refractivity contribution >= 4 is 44.0 Å². The number of rotatable bonds is 2. The van der Waals surface area contributed by atoms with Crippen LogP contribution in [-0.2, 0) is 0 Å². The lowest BCUT2D eigenvalue weighted by Gasteiger charge is -2.10. The summed E-state index contributed by atoms with van der Waals surface area (Å²) in [5, 5.41) is 13.0. The third-order valence-corrected chi connectivity index (χ3v) is 3.67. The smallest absolute Gasteiger partial charge is 0.141 e. The molecule has 0 saturated heterocycles. The van der Waals surface area contributed by atoms with E-state index in [0.29, 0.717) is 17.1 Å². The number of nitrogens with one attached hydrogen (secondary N) is 1. The monoisotopic (exact) mass is 339 g/mol. The fourth-order valence-electron chi connectivity index (χ4n) is 1.99. The number of hydrogen-bond acceptors (Lipinski definition) is 5. The van der Waals surface area contributed by atoms with Crippen molar-refractivity contribution in [3.8, 4) is 6.07 Å². The zero-order chi connectivity index (χ0) is 14.8. The highest BCUT2D eigenvalue weighted by Crippen LogP contribution is 2.29. The number of nitrogens with zero attached hydrogens (tertiary/aromatic N) is 3. The van der Waals surface area contributed by atoms with Gasteiger partial charge in [-0.15, -0.1) is 0 Å². The lowest BCUT2D eigenvalue weighted by atomic mass is 10.2. The van der Waals surface area contributed by atoms with Crippen molar-refractivity contribution in [2.45, 2.75) is 0 Å². The number of halogens is 1. The number of hydrogen-bond donors (Lipinski definition) is 2. The van der Waals surface area contributed by atoms with Crippen molar-refractivity contribution in [3.63, 3.8) is 0 Å². The Hall–Kier alpha value is -2.65. The average Bonchev–Trinajstić information content (AvgIpc) is 2.49. The molecule has 3 rings (SSSR count). The zero-order valence-electron chi connectivity index (χ0n) is 10.8. The molecule has 102 valence electrons. The molecule has 2 aromatic carbocycles. The summed E-state index contributed by atoms with van der Waals surface area (Å²) in [5.74, 6) is 0.665. The molecule has 0 bridgehead atoms. The number of benzene rings is 2. The van der Waals surface area contributed by atoms with Gasteiger partial charge in [-0.25, -0.2) is 9.97 Å². The molecule has 0 spiro atoms. The van der Waals surface area contributed by atoms with Crippen LogP contribution in [0.2, 0.25) is 0 Å². The van der Waals surface area contributed by atoms with E-state index < -0.39 is 0 Å².